The van der Waals surface area contributed by atoms with Gasteiger partial charge in [0.2, 0.25) is 5.91 Å². The molecule has 2 amide bonds. The summed E-state index contributed by atoms with van der Waals surface area (Å²) in [6, 6.07) is 16.0. The summed E-state index contributed by atoms with van der Waals surface area (Å²) in [5.74, 6) is 0.784. The summed E-state index contributed by atoms with van der Waals surface area (Å²) in [4.78, 5) is 40.5. The average Bonchev–Trinajstić information content (AvgIpc) is 3.74. The van der Waals surface area contributed by atoms with Crippen molar-refractivity contribution in [3.8, 4) is 5.75 Å². The van der Waals surface area contributed by atoms with Crippen LogP contribution in [0.2, 0.25) is 0 Å². The number of carbonyl (C=O) groups excluding carboxylic acids is 3. The minimum absolute atomic E-state index is 0.0863. The van der Waals surface area contributed by atoms with E-state index < -0.39 is 12.0 Å². The molecule has 2 atom stereocenters. The summed E-state index contributed by atoms with van der Waals surface area (Å²) in [6.45, 7) is 0.0863. The fourth-order valence-corrected chi connectivity index (χ4v) is 5.56. The van der Waals surface area contributed by atoms with Crippen molar-refractivity contribution in [2.24, 2.45) is 5.92 Å². The van der Waals surface area contributed by atoms with Crippen molar-refractivity contribution in [3.05, 3.63) is 89.1 Å². The predicted octanol–water partition coefficient (Wildman–Crippen LogP) is 3.60. The Labute approximate surface area is 214 Å². The van der Waals surface area contributed by atoms with Crippen molar-refractivity contribution >= 4 is 29.5 Å². The molecule has 2 heterocycles. The van der Waals surface area contributed by atoms with Gasteiger partial charge in [0.1, 0.15) is 29.5 Å². The van der Waals surface area contributed by atoms with Crippen molar-refractivity contribution in [1.29, 1.82) is 0 Å². The Balaban J connectivity index is 1.29. The maximum Gasteiger partial charge on any atom is 0.355 e. The molecule has 5 rings (SSSR count). The highest BCUT2D eigenvalue weighted by atomic mass is 32.2. The number of nitrogens with zero attached hydrogens (tertiary/aromatic N) is 1. The molecular formula is C28H28N2O5S. The van der Waals surface area contributed by atoms with Crippen molar-refractivity contribution in [2.75, 3.05) is 12.9 Å². The fraction of sp³-hybridized carbons (Fsp3) is 0.321. The molecule has 0 spiro atoms. The first-order valence-electron chi connectivity index (χ1n) is 12.0. The first kappa shape index (κ1) is 24.2. The molecule has 7 nitrogen and oxygen atoms in total. The highest BCUT2D eigenvalue weighted by molar-refractivity contribution is 8.00. The average molecular weight is 505 g/mol. The van der Waals surface area contributed by atoms with Crippen molar-refractivity contribution in [1.82, 2.24) is 10.2 Å². The van der Waals surface area contributed by atoms with Crippen LogP contribution in [-0.4, -0.2) is 47.0 Å². The number of esters is 1. The maximum absolute atomic E-state index is 13.2. The molecule has 8 heteroatoms. The number of carbonyl (C=O) groups is 3. The van der Waals surface area contributed by atoms with Crippen LogP contribution in [-0.2, 0) is 32.1 Å². The lowest BCUT2D eigenvalue weighted by molar-refractivity contribution is -0.153. The Hall–Kier alpha value is -3.52. The molecule has 0 radical (unpaired) electrons. The molecule has 36 heavy (non-hydrogen) atoms. The first-order valence-corrected chi connectivity index (χ1v) is 13.1. The third-order valence-corrected chi connectivity index (χ3v) is 7.74. The Morgan fingerprint density at radius 2 is 1.83 bits per heavy atom. The van der Waals surface area contributed by atoms with Gasteiger partial charge in [0.15, 0.2) is 0 Å². The third-order valence-electron chi connectivity index (χ3n) is 6.44. The molecule has 2 aromatic carbocycles. The number of amides is 2. The molecule has 2 aromatic rings. The molecule has 1 saturated carbocycles. The summed E-state index contributed by atoms with van der Waals surface area (Å²) in [5, 5.41) is 2.53. The lowest BCUT2D eigenvalue weighted by Crippen LogP contribution is -2.70. The van der Waals surface area contributed by atoms with Crippen molar-refractivity contribution < 1.29 is 23.9 Å². The number of methoxy groups -OCH3 is 1. The standard InChI is InChI=1S/C28H28N2O5S/c1-34-22-13-10-20(11-14-22)16-35-28(33)25-21(12-9-18-7-8-18)17-36-27-24(26(32)30(25)27)29-23(31)15-19-5-3-2-4-6-19/h2-6,9-14,18,24,27H,7-8,15-17H2,1H3,(H,29,31)/b12-9+/t24-,27?/m1/s1. The highest BCUT2D eigenvalue weighted by Gasteiger charge is 2.54. The first-order chi connectivity index (χ1) is 17.5. The van der Waals surface area contributed by atoms with Crippen LogP contribution >= 0.6 is 11.8 Å². The molecule has 1 N–H and O–H groups in total. The summed E-state index contributed by atoms with van der Waals surface area (Å²) in [5.41, 5.74) is 2.76. The Bertz CT molecular complexity index is 1200. The van der Waals surface area contributed by atoms with E-state index in [-0.39, 0.29) is 35.9 Å². The van der Waals surface area contributed by atoms with Gasteiger partial charge in [0.25, 0.3) is 5.91 Å². The molecule has 1 unspecified atom stereocenters. The quantitative estimate of drug-likeness (QED) is 0.415. The van der Waals surface area contributed by atoms with Crippen LogP contribution in [0, 0.1) is 5.92 Å². The van der Waals surface area contributed by atoms with Gasteiger partial charge in [-0.25, -0.2) is 4.79 Å². The molecule has 2 fully saturated rings. The second kappa shape index (κ2) is 10.6. The number of allylic oxidation sites excluding steroid dienone is 2. The highest BCUT2D eigenvalue weighted by Crippen LogP contribution is 2.42. The van der Waals surface area contributed by atoms with E-state index in [1.165, 1.54) is 4.90 Å². The normalized spacial score (nSPS) is 21.1. The second-order valence-corrected chi connectivity index (χ2v) is 10.2. The van der Waals surface area contributed by atoms with E-state index >= 15 is 0 Å². The van der Waals surface area contributed by atoms with Crippen LogP contribution in [0.3, 0.4) is 0 Å². The van der Waals surface area contributed by atoms with Crippen LogP contribution in [0.4, 0.5) is 0 Å². The SMILES string of the molecule is COc1ccc(COC(=O)C2=C(/C=C/C3CC3)CSC3[C@H](NC(=O)Cc4ccccc4)C(=O)N23)cc1. The smallest absolute Gasteiger partial charge is 0.355 e. The number of fused-ring (bicyclic) bond motifs is 1. The summed E-state index contributed by atoms with van der Waals surface area (Å²) >= 11 is 1.55. The number of thioether (sulfide) groups is 1. The molecule has 0 bridgehead atoms. The third kappa shape index (κ3) is 5.33. The summed E-state index contributed by atoms with van der Waals surface area (Å²) in [7, 11) is 1.59. The number of benzene rings is 2. The van der Waals surface area contributed by atoms with Crippen LogP contribution in [0.5, 0.6) is 5.75 Å². The monoisotopic (exact) mass is 504 g/mol. The number of nitrogens with one attached hydrogen (secondary N) is 1. The number of hydrogen-bond acceptors (Lipinski definition) is 6. The van der Waals surface area contributed by atoms with E-state index in [0.717, 1.165) is 35.3 Å². The lowest BCUT2D eigenvalue weighted by Gasteiger charge is -2.49. The van der Waals surface area contributed by atoms with E-state index in [9.17, 15) is 14.4 Å². The Morgan fingerprint density at radius 1 is 1.08 bits per heavy atom. The van der Waals surface area contributed by atoms with Crippen LogP contribution in [0.25, 0.3) is 0 Å². The van der Waals surface area contributed by atoms with Gasteiger partial charge in [-0.15, -0.1) is 11.8 Å². The van der Waals surface area contributed by atoms with Gasteiger partial charge in [0, 0.05) is 5.75 Å². The Kier molecular flexibility index (Phi) is 7.13. The Morgan fingerprint density at radius 3 is 2.53 bits per heavy atom. The van der Waals surface area contributed by atoms with Gasteiger partial charge >= 0.3 is 5.97 Å². The summed E-state index contributed by atoms with van der Waals surface area (Å²) in [6.07, 6.45) is 6.56. The van der Waals surface area contributed by atoms with Crippen LogP contribution in [0.1, 0.15) is 24.0 Å². The number of ether oxygens (including phenoxy) is 2. The number of rotatable bonds is 9. The van der Waals surface area contributed by atoms with Crippen molar-refractivity contribution in [2.45, 2.75) is 37.3 Å². The van der Waals surface area contributed by atoms with Crippen LogP contribution in [0.15, 0.2) is 78.0 Å². The minimum Gasteiger partial charge on any atom is -0.497 e. The van der Waals surface area contributed by atoms with Gasteiger partial charge in [0.05, 0.1) is 13.5 Å². The molecule has 0 aromatic heterocycles. The van der Waals surface area contributed by atoms with Gasteiger partial charge in [-0.1, -0.05) is 54.6 Å². The van der Waals surface area contributed by atoms with E-state index in [1.807, 2.05) is 48.5 Å². The van der Waals surface area contributed by atoms with E-state index in [0.29, 0.717) is 11.7 Å². The van der Waals surface area contributed by atoms with Gasteiger partial charge < -0.3 is 14.8 Å². The second-order valence-electron chi connectivity index (χ2n) is 9.11. The topological polar surface area (TPSA) is 84.9 Å². The zero-order valence-corrected chi connectivity index (χ0v) is 20.8. The summed E-state index contributed by atoms with van der Waals surface area (Å²) < 4.78 is 10.8. The predicted molar refractivity (Wildman–Crippen MR) is 137 cm³/mol. The molecule has 186 valence electrons. The van der Waals surface area contributed by atoms with E-state index in [2.05, 4.69) is 11.4 Å². The van der Waals surface area contributed by atoms with Gasteiger partial charge in [-0.3, -0.25) is 14.5 Å². The fourth-order valence-electron chi connectivity index (χ4n) is 4.25. The number of hydrogen-bond donors (Lipinski definition) is 1. The zero-order valence-electron chi connectivity index (χ0n) is 20.0. The maximum atomic E-state index is 13.2. The molecule has 1 saturated heterocycles. The number of β-lactam (4-membered cyclic amide) rings is 1. The van der Waals surface area contributed by atoms with Crippen LogP contribution < -0.4 is 10.1 Å². The molecule has 3 aliphatic rings. The van der Waals surface area contributed by atoms with E-state index in [4.69, 9.17) is 9.47 Å². The van der Waals surface area contributed by atoms with Gasteiger partial charge in [-0.05, 0) is 47.6 Å². The minimum atomic E-state index is -0.662. The molecule has 2 aliphatic heterocycles. The van der Waals surface area contributed by atoms with Gasteiger partial charge in [-0.2, -0.15) is 0 Å². The van der Waals surface area contributed by atoms with E-state index in [1.54, 1.807) is 31.0 Å². The molecular weight excluding hydrogens is 476 g/mol. The zero-order chi connectivity index (χ0) is 25.1. The molecule has 1 aliphatic carbocycles. The lowest BCUT2D eigenvalue weighted by atomic mass is 10.0. The largest absolute Gasteiger partial charge is 0.497 e. The van der Waals surface area contributed by atoms with Crippen molar-refractivity contribution in [3.63, 3.8) is 0 Å².